The van der Waals surface area contributed by atoms with Gasteiger partial charge in [0.2, 0.25) is 5.88 Å². The first kappa shape index (κ1) is 20.0. The molecule has 2 amide bonds. The van der Waals surface area contributed by atoms with Gasteiger partial charge < -0.3 is 19.9 Å². The number of urea groups is 1. The number of hydrogen-bond donors (Lipinski definition) is 1. The molecule has 0 saturated carbocycles. The molecule has 7 nitrogen and oxygen atoms in total. The molecular formula is C22H22ClN5O2. The summed E-state index contributed by atoms with van der Waals surface area (Å²) in [5.74, 6) is 1.71. The fraction of sp³-hybridized carbons (Fsp3) is 0.227. The first-order valence-corrected chi connectivity index (χ1v) is 10.1. The Morgan fingerprint density at radius 1 is 1.10 bits per heavy atom. The SMILES string of the molecule is CC1CN(c2cc(Oc3ccccc3Cl)ncn2)CCN1C(=O)Nc1ccccc1. The molecule has 30 heavy (non-hydrogen) atoms. The molecule has 1 N–H and O–H groups in total. The molecule has 1 saturated heterocycles. The van der Waals surface area contributed by atoms with Gasteiger partial charge in [-0.25, -0.2) is 14.8 Å². The number of amides is 2. The summed E-state index contributed by atoms with van der Waals surface area (Å²) < 4.78 is 5.81. The molecule has 2 heterocycles. The van der Waals surface area contributed by atoms with Crippen LogP contribution in [0.25, 0.3) is 0 Å². The van der Waals surface area contributed by atoms with E-state index >= 15 is 0 Å². The third kappa shape index (κ3) is 4.63. The Hall–Kier alpha value is -3.32. The van der Waals surface area contributed by atoms with Gasteiger partial charge in [-0.3, -0.25) is 0 Å². The van der Waals surface area contributed by atoms with Gasteiger partial charge in [0.25, 0.3) is 0 Å². The van der Waals surface area contributed by atoms with E-state index in [1.165, 1.54) is 6.33 Å². The highest BCUT2D eigenvalue weighted by Crippen LogP contribution is 2.29. The Morgan fingerprint density at radius 2 is 1.87 bits per heavy atom. The van der Waals surface area contributed by atoms with E-state index in [1.807, 2.05) is 54.3 Å². The highest BCUT2D eigenvalue weighted by molar-refractivity contribution is 6.32. The summed E-state index contributed by atoms with van der Waals surface area (Å²) in [5, 5.41) is 3.47. The molecule has 0 aliphatic carbocycles. The Balaban J connectivity index is 1.41. The Bertz CT molecular complexity index is 1020. The lowest BCUT2D eigenvalue weighted by molar-refractivity contribution is 0.184. The molecular weight excluding hydrogens is 402 g/mol. The molecule has 8 heteroatoms. The maximum absolute atomic E-state index is 12.6. The number of halogens is 1. The summed E-state index contributed by atoms with van der Waals surface area (Å²) in [7, 11) is 0. The molecule has 2 aromatic carbocycles. The van der Waals surface area contributed by atoms with Gasteiger partial charge in [-0.1, -0.05) is 41.9 Å². The van der Waals surface area contributed by atoms with Crippen LogP contribution in [0.3, 0.4) is 0 Å². The van der Waals surface area contributed by atoms with Crippen LogP contribution in [0.5, 0.6) is 11.6 Å². The highest BCUT2D eigenvalue weighted by Gasteiger charge is 2.28. The molecule has 3 aromatic rings. The van der Waals surface area contributed by atoms with Crippen molar-refractivity contribution in [2.24, 2.45) is 0 Å². The molecule has 1 aliphatic heterocycles. The summed E-state index contributed by atoms with van der Waals surface area (Å²) in [4.78, 5) is 25.2. The van der Waals surface area contributed by atoms with Crippen molar-refractivity contribution < 1.29 is 9.53 Å². The van der Waals surface area contributed by atoms with Gasteiger partial charge in [-0.15, -0.1) is 0 Å². The van der Waals surface area contributed by atoms with Crippen molar-refractivity contribution in [2.75, 3.05) is 29.9 Å². The van der Waals surface area contributed by atoms with Gasteiger partial charge in [0.15, 0.2) is 0 Å². The van der Waals surface area contributed by atoms with E-state index in [0.29, 0.717) is 36.3 Å². The smallest absolute Gasteiger partial charge is 0.322 e. The lowest BCUT2D eigenvalue weighted by atomic mass is 10.2. The summed E-state index contributed by atoms with van der Waals surface area (Å²) in [6.45, 7) is 3.93. The number of carbonyl (C=O) groups excluding carboxylic acids is 1. The maximum Gasteiger partial charge on any atom is 0.322 e. The number of carbonyl (C=O) groups is 1. The van der Waals surface area contributed by atoms with Gasteiger partial charge in [-0.2, -0.15) is 0 Å². The van der Waals surface area contributed by atoms with Crippen molar-refractivity contribution in [3.8, 4) is 11.6 Å². The van der Waals surface area contributed by atoms with Crippen LogP contribution in [0.15, 0.2) is 67.0 Å². The second-order valence-electron chi connectivity index (χ2n) is 7.03. The van der Waals surface area contributed by atoms with Crippen LogP contribution in [-0.4, -0.2) is 46.6 Å². The molecule has 0 bridgehead atoms. The van der Waals surface area contributed by atoms with Crippen molar-refractivity contribution in [1.29, 1.82) is 0 Å². The van der Waals surface area contributed by atoms with Crippen LogP contribution in [0, 0.1) is 0 Å². The number of nitrogens with zero attached hydrogens (tertiary/aromatic N) is 4. The van der Waals surface area contributed by atoms with Crippen molar-refractivity contribution >= 4 is 29.1 Å². The van der Waals surface area contributed by atoms with Crippen LogP contribution in [0.2, 0.25) is 5.02 Å². The Labute approximate surface area is 180 Å². The molecule has 1 aromatic heterocycles. The second kappa shape index (κ2) is 9.00. The second-order valence-corrected chi connectivity index (χ2v) is 7.44. The van der Waals surface area contributed by atoms with Crippen LogP contribution >= 0.6 is 11.6 Å². The van der Waals surface area contributed by atoms with Crippen molar-refractivity contribution in [1.82, 2.24) is 14.9 Å². The minimum Gasteiger partial charge on any atom is -0.437 e. The van der Waals surface area contributed by atoms with E-state index in [4.69, 9.17) is 16.3 Å². The van der Waals surface area contributed by atoms with Gasteiger partial charge in [0.1, 0.15) is 17.9 Å². The highest BCUT2D eigenvalue weighted by atomic mass is 35.5. The zero-order chi connectivity index (χ0) is 20.9. The molecule has 1 aliphatic rings. The standard InChI is InChI=1S/C22H22ClN5O2/c1-16-14-27(11-12-28(16)22(29)26-17-7-3-2-4-8-17)20-13-21(25-15-24-20)30-19-10-6-5-9-18(19)23/h2-10,13,15-16H,11-12,14H2,1H3,(H,26,29). The number of ether oxygens (including phenoxy) is 1. The van der Waals surface area contributed by atoms with Crippen LogP contribution < -0.4 is 15.0 Å². The molecule has 1 fully saturated rings. The van der Waals surface area contributed by atoms with E-state index in [9.17, 15) is 4.79 Å². The lowest BCUT2D eigenvalue weighted by Gasteiger charge is -2.40. The van der Waals surface area contributed by atoms with E-state index in [2.05, 4.69) is 20.2 Å². The number of para-hydroxylation sites is 2. The number of hydrogen-bond acceptors (Lipinski definition) is 5. The number of piperazine rings is 1. The van der Waals surface area contributed by atoms with Gasteiger partial charge in [0, 0.05) is 37.4 Å². The van der Waals surface area contributed by atoms with Crippen molar-refractivity contribution in [2.45, 2.75) is 13.0 Å². The van der Waals surface area contributed by atoms with E-state index in [1.54, 1.807) is 18.2 Å². The van der Waals surface area contributed by atoms with Crippen LogP contribution in [0.1, 0.15) is 6.92 Å². The van der Waals surface area contributed by atoms with Gasteiger partial charge in [0.05, 0.1) is 5.02 Å². The van der Waals surface area contributed by atoms with Gasteiger partial charge >= 0.3 is 6.03 Å². The first-order chi connectivity index (χ1) is 14.6. The monoisotopic (exact) mass is 423 g/mol. The zero-order valence-corrected chi connectivity index (χ0v) is 17.3. The third-order valence-corrected chi connectivity index (χ3v) is 5.23. The quantitative estimate of drug-likeness (QED) is 0.660. The van der Waals surface area contributed by atoms with Crippen molar-refractivity contribution in [3.63, 3.8) is 0 Å². The predicted octanol–water partition coefficient (Wildman–Crippen LogP) is 4.66. The maximum atomic E-state index is 12.6. The zero-order valence-electron chi connectivity index (χ0n) is 16.5. The van der Waals surface area contributed by atoms with Crippen LogP contribution in [0.4, 0.5) is 16.3 Å². The van der Waals surface area contributed by atoms with E-state index in [0.717, 1.165) is 11.5 Å². The average molecular weight is 424 g/mol. The van der Waals surface area contributed by atoms with Gasteiger partial charge in [-0.05, 0) is 31.2 Å². The number of anilines is 2. The third-order valence-electron chi connectivity index (χ3n) is 4.92. The number of nitrogens with one attached hydrogen (secondary N) is 1. The normalized spacial score (nSPS) is 16.3. The molecule has 1 atom stereocenters. The van der Waals surface area contributed by atoms with Crippen LogP contribution in [-0.2, 0) is 0 Å². The summed E-state index contributed by atoms with van der Waals surface area (Å²) in [5.41, 5.74) is 0.786. The summed E-state index contributed by atoms with van der Waals surface area (Å²) in [6, 6.07) is 18.4. The Kier molecular flexibility index (Phi) is 5.99. The minimum absolute atomic E-state index is 0.0189. The lowest BCUT2D eigenvalue weighted by Crippen LogP contribution is -2.55. The van der Waals surface area contributed by atoms with E-state index < -0.39 is 0 Å². The number of rotatable bonds is 4. The topological polar surface area (TPSA) is 70.6 Å². The predicted molar refractivity (Wildman–Crippen MR) is 117 cm³/mol. The fourth-order valence-electron chi connectivity index (χ4n) is 3.38. The molecule has 0 radical (unpaired) electrons. The minimum atomic E-state index is -0.0984. The molecule has 0 spiro atoms. The molecule has 4 rings (SSSR count). The summed E-state index contributed by atoms with van der Waals surface area (Å²) >= 11 is 6.16. The van der Waals surface area contributed by atoms with E-state index in [-0.39, 0.29) is 12.1 Å². The molecule has 1 unspecified atom stereocenters. The number of aromatic nitrogens is 2. The molecule has 154 valence electrons. The number of benzene rings is 2. The largest absolute Gasteiger partial charge is 0.437 e. The fourth-order valence-corrected chi connectivity index (χ4v) is 3.56. The average Bonchev–Trinajstić information content (AvgIpc) is 2.76. The van der Waals surface area contributed by atoms with Crippen molar-refractivity contribution in [3.05, 3.63) is 72.0 Å². The Morgan fingerprint density at radius 3 is 2.63 bits per heavy atom. The summed E-state index contributed by atoms with van der Waals surface area (Å²) in [6.07, 6.45) is 1.47. The first-order valence-electron chi connectivity index (χ1n) is 9.72.